The minimum Gasteiger partial charge on any atom is -0.235 e. The third-order valence-corrected chi connectivity index (χ3v) is 6.91. The molecular weight excluding hydrogens is 352 g/mol. The normalized spacial score (nSPS) is 14.4. The van der Waals surface area contributed by atoms with Gasteiger partial charge in [0.05, 0.1) is 9.93 Å². The SMILES string of the molecule is CC1=C(C)SC(=C(C#N)c2nc(-c3ccc(Cl)cc3)cs2)S1. The Bertz CT molecular complexity index is 810. The number of rotatable bonds is 2. The molecule has 0 radical (unpaired) electrons. The summed E-state index contributed by atoms with van der Waals surface area (Å²) in [5.41, 5.74) is 2.54. The molecule has 0 saturated carbocycles. The summed E-state index contributed by atoms with van der Waals surface area (Å²) in [7, 11) is 0. The topological polar surface area (TPSA) is 36.7 Å². The van der Waals surface area contributed by atoms with Gasteiger partial charge in [-0.15, -0.1) is 11.3 Å². The van der Waals surface area contributed by atoms with Crippen LogP contribution in [-0.2, 0) is 0 Å². The number of hydrogen-bond acceptors (Lipinski definition) is 5. The number of halogens is 1. The second kappa shape index (κ2) is 6.51. The van der Waals surface area contributed by atoms with Crippen LogP contribution in [0.15, 0.2) is 43.7 Å². The van der Waals surface area contributed by atoms with E-state index >= 15 is 0 Å². The van der Waals surface area contributed by atoms with Gasteiger partial charge in [0.15, 0.2) is 0 Å². The van der Waals surface area contributed by atoms with Crippen LogP contribution in [0.25, 0.3) is 16.8 Å². The average Bonchev–Trinajstić information content (AvgIpc) is 3.09. The van der Waals surface area contributed by atoms with E-state index in [2.05, 4.69) is 24.9 Å². The van der Waals surface area contributed by atoms with Gasteiger partial charge in [-0.2, -0.15) is 5.26 Å². The van der Waals surface area contributed by atoms with Gasteiger partial charge >= 0.3 is 0 Å². The molecule has 2 heterocycles. The van der Waals surface area contributed by atoms with Gasteiger partial charge in [-0.05, 0) is 35.8 Å². The minimum atomic E-state index is 0.663. The molecule has 22 heavy (non-hydrogen) atoms. The lowest BCUT2D eigenvalue weighted by molar-refractivity contribution is 1.37. The molecule has 0 amide bonds. The molecule has 2 nitrogen and oxygen atoms in total. The van der Waals surface area contributed by atoms with Crippen LogP contribution in [-0.4, -0.2) is 4.98 Å². The van der Waals surface area contributed by atoms with E-state index in [-0.39, 0.29) is 0 Å². The second-order valence-corrected chi connectivity index (χ2v) is 8.64. The predicted octanol–water partition coefficient (Wildman–Crippen LogP) is 6.39. The largest absolute Gasteiger partial charge is 0.235 e. The van der Waals surface area contributed by atoms with Crippen molar-refractivity contribution in [2.75, 3.05) is 0 Å². The number of benzene rings is 1. The van der Waals surface area contributed by atoms with Crippen molar-refractivity contribution in [3.63, 3.8) is 0 Å². The number of allylic oxidation sites excluding steroid dienone is 3. The maximum absolute atomic E-state index is 9.52. The van der Waals surface area contributed by atoms with E-state index in [0.29, 0.717) is 10.6 Å². The molecule has 0 atom stereocenters. The Kier molecular flexibility index (Phi) is 4.65. The molecule has 110 valence electrons. The van der Waals surface area contributed by atoms with Crippen LogP contribution < -0.4 is 0 Å². The van der Waals surface area contributed by atoms with Gasteiger partial charge in [-0.25, -0.2) is 4.98 Å². The molecule has 3 rings (SSSR count). The van der Waals surface area contributed by atoms with E-state index in [4.69, 9.17) is 11.6 Å². The summed E-state index contributed by atoms with van der Waals surface area (Å²) in [6.07, 6.45) is 0. The number of thioether (sulfide) groups is 2. The van der Waals surface area contributed by atoms with E-state index in [1.165, 1.54) is 21.1 Å². The Morgan fingerprint density at radius 3 is 2.36 bits per heavy atom. The zero-order chi connectivity index (χ0) is 15.7. The summed E-state index contributed by atoms with van der Waals surface area (Å²) < 4.78 is 1.02. The van der Waals surface area contributed by atoms with Crippen molar-refractivity contribution in [1.82, 2.24) is 4.98 Å². The first-order valence-corrected chi connectivity index (χ1v) is 9.37. The number of hydrogen-bond donors (Lipinski definition) is 0. The molecule has 0 fully saturated rings. The average molecular weight is 363 g/mol. The first kappa shape index (κ1) is 15.7. The van der Waals surface area contributed by atoms with Crippen molar-refractivity contribution in [3.8, 4) is 17.3 Å². The zero-order valence-corrected chi connectivity index (χ0v) is 15.1. The summed E-state index contributed by atoms with van der Waals surface area (Å²) in [5, 5.41) is 13.0. The Morgan fingerprint density at radius 2 is 1.77 bits per heavy atom. The number of nitrogens with zero attached hydrogens (tertiary/aromatic N) is 2. The van der Waals surface area contributed by atoms with Crippen LogP contribution in [0.1, 0.15) is 18.9 Å². The summed E-state index contributed by atoms with van der Waals surface area (Å²) >= 11 is 10.7. The monoisotopic (exact) mass is 362 g/mol. The molecule has 2 aromatic rings. The standard InChI is InChI=1S/C16H11ClN2S3/c1-9-10(2)22-16(21-9)13(7-18)15-19-14(8-20-15)11-3-5-12(17)6-4-11/h3-6,8H,1-2H3. The second-order valence-electron chi connectivity index (χ2n) is 4.64. The fraction of sp³-hybridized carbons (Fsp3) is 0.125. The smallest absolute Gasteiger partial charge is 0.136 e. The van der Waals surface area contributed by atoms with Gasteiger partial charge in [-0.3, -0.25) is 0 Å². The molecule has 0 bridgehead atoms. The first-order valence-electron chi connectivity index (χ1n) is 6.48. The van der Waals surface area contributed by atoms with E-state index in [1.54, 1.807) is 23.5 Å². The molecule has 1 aromatic heterocycles. The predicted molar refractivity (Wildman–Crippen MR) is 98.6 cm³/mol. The van der Waals surface area contributed by atoms with Crippen molar-refractivity contribution in [2.45, 2.75) is 13.8 Å². The minimum absolute atomic E-state index is 0.663. The molecular formula is C16H11ClN2S3. The maximum atomic E-state index is 9.52. The first-order chi connectivity index (χ1) is 10.6. The molecule has 0 N–H and O–H groups in total. The van der Waals surface area contributed by atoms with Crippen molar-refractivity contribution in [3.05, 3.63) is 53.7 Å². The van der Waals surface area contributed by atoms with Gasteiger partial charge in [-0.1, -0.05) is 47.3 Å². The quantitative estimate of drug-likeness (QED) is 0.580. The Labute approximate surface area is 146 Å². The van der Waals surface area contributed by atoms with Gasteiger partial charge < -0.3 is 0 Å². The summed E-state index contributed by atoms with van der Waals surface area (Å²) in [6.45, 7) is 4.16. The van der Waals surface area contributed by atoms with Crippen LogP contribution >= 0.6 is 46.5 Å². The Hall–Kier alpha value is -1.19. The van der Waals surface area contributed by atoms with Crippen LogP contribution in [0.4, 0.5) is 0 Å². The summed E-state index contributed by atoms with van der Waals surface area (Å²) in [6, 6.07) is 9.89. The Balaban J connectivity index is 1.95. The summed E-state index contributed by atoms with van der Waals surface area (Å²) in [4.78, 5) is 7.13. The van der Waals surface area contributed by atoms with Crippen LogP contribution in [0.2, 0.25) is 5.02 Å². The maximum Gasteiger partial charge on any atom is 0.136 e. The zero-order valence-electron chi connectivity index (χ0n) is 11.9. The molecule has 1 aliphatic rings. The van der Waals surface area contributed by atoms with Crippen molar-refractivity contribution in [1.29, 1.82) is 5.26 Å². The van der Waals surface area contributed by atoms with E-state index in [0.717, 1.165) is 20.5 Å². The van der Waals surface area contributed by atoms with E-state index in [9.17, 15) is 5.26 Å². The van der Waals surface area contributed by atoms with Crippen LogP contribution in [0.3, 0.4) is 0 Å². The van der Waals surface area contributed by atoms with Crippen LogP contribution in [0.5, 0.6) is 0 Å². The fourth-order valence-electron chi connectivity index (χ4n) is 1.87. The number of thiazole rings is 1. The highest BCUT2D eigenvalue weighted by Crippen LogP contribution is 2.51. The highest BCUT2D eigenvalue weighted by Gasteiger charge is 2.21. The molecule has 6 heteroatoms. The molecule has 0 aliphatic carbocycles. The third-order valence-electron chi connectivity index (χ3n) is 3.16. The molecule has 1 aliphatic heterocycles. The Morgan fingerprint density at radius 1 is 1.14 bits per heavy atom. The lowest BCUT2D eigenvalue weighted by Gasteiger charge is -1.99. The highest BCUT2D eigenvalue weighted by molar-refractivity contribution is 8.28. The van der Waals surface area contributed by atoms with E-state index in [1.807, 2.05) is 29.6 Å². The van der Waals surface area contributed by atoms with Gasteiger partial charge in [0.25, 0.3) is 0 Å². The van der Waals surface area contributed by atoms with Gasteiger partial charge in [0, 0.05) is 16.0 Å². The lowest BCUT2D eigenvalue weighted by atomic mass is 10.2. The van der Waals surface area contributed by atoms with Gasteiger partial charge in [0.1, 0.15) is 16.6 Å². The molecule has 0 saturated heterocycles. The van der Waals surface area contributed by atoms with Crippen molar-refractivity contribution >= 4 is 52.0 Å². The number of aromatic nitrogens is 1. The van der Waals surface area contributed by atoms with E-state index < -0.39 is 0 Å². The highest BCUT2D eigenvalue weighted by atomic mass is 35.5. The molecule has 0 spiro atoms. The number of nitriles is 1. The molecule has 1 aromatic carbocycles. The molecule has 0 unspecified atom stereocenters. The van der Waals surface area contributed by atoms with Gasteiger partial charge in [0.2, 0.25) is 0 Å². The van der Waals surface area contributed by atoms with Crippen molar-refractivity contribution in [2.24, 2.45) is 0 Å². The summed E-state index contributed by atoms with van der Waals surface area (Å²) in [5.74, 6) is 0. The van der Waals surface area contributed by atoms with Crippen molar-refractivity contribution < 1.29 is 0 Å². The third kappa shape index (κ3) is 3.11. The fourth-order valence-corrected chi connectivity index (χ4v) is 5.45. The van der Waals surface area contributed by atoms with Crippen LogP contribution in [0, 0.1) is 11.3 Å². The lowest BCUT2D eigenvalue weighted by Crippen LogP contribution is -1.84.